The number of sulfone groups is 1. The number of nitrogens with zero attached hydrogens (tertiary/aromatic N) is 1. The van der Waals surface area contributed by atoms with Gasteiger partial charge in [-0.15, -0.1) is 0 Å². The van der Waals surface area contributed by atoms with Gasteiger partial charge >= 0.3 is 0 Å². The fourth-order valence-electron chi connectivity index (χ4n) is 2.18. The maximum absolute atomic E-state index is 11.2. The zero-order chi connectivity index (χ0) is 17.7. The zero-order valence-electron chi connectivity index (χ0n) is 14.4. The molecule has 0 spiro atoms. The second-order valence-corrected chi connectivity index (χ2v) is 8.11. The third kappa shape index (κ3) is 6.62. The number of aliphatic hydroxyl groups is 1. The Kier molecular flexibility index (Phi) is 6.64. The van der Waals surface area contributed by atoms with Crippen LogP contribution in [0.3, 0.4) is 0 Å². The number of nitrogens with one attached hydrogen (secondary N) is 2. The lowest BCUT2D eigenvalue weighted by atomic mass is 9.96. The molecule has 0 bridgehead atoms. The quantitative estimate of drug-likeness (QED) is 0.496. The van der Waals surface area contributed by atoms with Crippen LogP contribution < -0.4 is 10.6 Å². The van der Waals surface area contributed by atoms with E-state index in [-0.39, 0.29) is 18.8 Å². The molecule has 0 saturated heterocycles. The van der Waals surface area contributed by atoms with Crippen LogP contribution in [0, 0.1) is 13.8 Å². The normalized spacial score (nSPS) is 15.3. The number of aliphatic imine (C=N–C) groups is 1. The van der Waals surface area contributed by atoms with Crippen LogP contribution >= 0.6 is 0 Å². The Labute approximate surface area is 138 Å². The molecule has 7 nitrogen and oxygen atoms in total. The average molecular weight is 345 g/mol. The van der Waals surface area contributed by atoms with E-state index >= 15 is 0 Å². The Morgan fingerprint density at radius 1 is 1.39 bits per heavy atom. The maximum atomic E-state index is 11.2. The van der Waals surface area contributed by atoms with E-state index in [0.717, 1.165) is 5.76 Å². The van der Waals surface area contributed by atoms with Gasteiger partial charge in [-0.25, -0.2) is 13.4 Å². The average Bonchev–Trinajstić information content (AvgIpc) is 2.74. The van der Waals surface area contributed by atoms with E-state index in [1.54, 1.807) is 19.9 Å². The summed E-state index contributed by atoms with van der Waals surface area (Å²) in [7, 11) is -3.03. The highest BCUT2D eigenvalue weighted by Crippen LogP contribution is 2.27. The summed E-state index contributed by atoms with van der Waals surface area (Å²) in [4.78, 5) is 4.34. The van der Waals surface area contributed by atoms with E-state index in [2.05, 4.69) is 15.6 Å². The van der Waals surface area contributed by atoms with Crippen molar-refractivity contribution in [3.8, 4) is 0 Å². The first kappa shape index (κ1) is 19.5. The molecular weight excluding hydrogens is 318 g/mol. The molecule has 0 fully saturated rings. The summed E-state index contributed by atoms with van der Waals surface area (Å²) < 4.78 is 27.8. The molecular formula is C15H27N3O4S. The SMILES string of the molecule is CCNC(=NCC(C)(O)c1cc(C)oc1C)NCCS(C)(=O)=O. The van der Waals surface area contributed by atoms with Gasteiger partial charge in [0, 0.05) is 24.9 Å². The number of rotatable bonds is 7. The number of hydrogen-bond donors (Lipinski definition) is 3. The highest BCUT2D eigenvalue weighted by Gasteiger charge is 2.27. The molecule has 0 aliphatic heterocycles. The summed E-state index contributed by atoms with van der Waals surface area (Å²) in [5.41, 5.74) is -0.466. The third-order valence-corrected chi connectivity index (χ3v) is 4.22. The molecule has 1 atom stereocenters. The van der Waals surface area contributed by atoms with Crippen LogP contribution in [0.1, 0.15) is 30.9 Å². The Morgan fingerprint density at radius 3 is 2.52 bits per heavy atom. The first-order chi connectivity index (χ1) is 10.5. The molecule has 0 radical (unpaired) electrons. The van der Waals surface area contributed by atoms with E-state index in [0.29, 0.717) is 23.8 Å². The number of furan rings is 1. The molecule has 0 aromatic carbocycles. The van der Waals surface area contributed by atoms with Crippen LogP contribution in [0.5, 0.6) is 0 Å². The van der Waals surface area contributed by atoms with Crippen molar-refractivity contribution in [2.45, 2.75) is 33.3 Å². The van der Waals surface area contributed by atoms with Gasteiger partial charge in [-0.1, -0.05) is 0 Å². The lowest BCUT2D eigenvalue weighted by molar-refractivity contribution is 0.0657. The highest BCUT2D eigenvalue weighted by atomic mass is 32.2. The van der Waals surface area contributed by atoms with Crippen LogP contribution in [0.2, 0.25) is 0 Å². The standard InChI is InChI=1S/C15H27N3O4S/c1-6-16-14(17-7-8-23(5,20)21)18-10-15(4,19)13-9-11(2)22-12(13)3/h9,19H,6-8,10H2,1-5H3,(H2,16,17,18). The predicted octanol–water partition coefficient (Wildman–Crippen LogP) is 0.704. The second-order valence-electron chi connectivity index (χ2n) is 5.85. The van der Waals surface area contributed by atoms with Crippen LogP contribution in [-0.4, -0.2) is 51.1 Å². The summed E-state index contributed by atoms with van der Waals surface area (Å²) in [6.45, 7) is 8.24. The molecule has 8 heteroatoms. The molecule has 23 heavy (non-hydrogen) atoms. The van der Waals surface area contributed by atoms with Crippen molar-refractivity contribution >= 4 is 15.8 Å². The predicted molar refractivity (Wildman–Crippen MR) is 91.4 cm³/mol. The Bertz CT molecular complexity index is 648. The smallest absolute Gasteiger partial charge is 0.191 e. The van der Waals surface area contributed by atoms with E-state index < -0.39 is 15.4 Å². The summed E-state index contributed by atoms with van der Waals surface area (Å²) in [5, 5.41) is 16.6. The first-order valence-corrected chi connectivity index (χ1v) is 9.61. The van der Waals surface area contributed by atoms with Gasteiger partial charge in [0.2, 0.25) is 0 Å². The van der Waals surface area contributed by atoms with Crippen molar-refractivity contribution in [3.05, 3.63) is 23.2 Å². The van der Waals surface area contributed by atoms with Gasteiger partial charge in [-0.2, -0.15) is 0 Å². The zero-order valence-corrected chi connectivity index (χ0v) is 15.2. The summed E-state index contributed by atoms with van der Waals surface area (Å²) in [5.74, 6) is 1.89. The minimum atomic E-state index is -3.03. The van der Waals surface area contributed by atoms with Gasteiger partial charge in [-0.3, -0.25) is 0 Å². The first-order valence-electron chi connectivity index (χ1n) is 7.55. The van der Waals surface area contributed by atoms with Gasteiger partial charge in [0.05, 0.1) is 12.3 Å². The van der Waals surface area contributed by atoms with Crippen molar-refractivity contribution < 1.29 is 17.9 Å². The topological polar surface area (TPSA) is 104 Å². The van der Waals surface area contributed by atoms with Crippen LogP contribution in [0.25, 0.3) is 0 Å². The number of aryl methyl sites for hydroxylation is 2. The van der Waals surface area contributed by atoms with Gasteiger partial charge in [-0.05, 0) is 33.8 Å². The molecule has 1 aromatic rings. The van der Waals surface area contributed by atoms with Gasteiger partial charge in [0.15, 0.2) is 5.96 Å². The van der Waals surface area contributed by atoms with Gasteiger partial charge in [0.25, 0.3) is 0 Å². The third-order valence-electron chi connectivity index (χ3n) is 3.28. The van der Waals surface area contributed by atoms with Crippen molar-refractivity contribution in [2.24, 2.45) is 4.99 Å². The molecule has 0 aliphatic rings. The Balaban J connectivity index is 2.77. The molecule has 1 aromatic heterocycles. The fourth-order valence-corrected chi connectivity index (χ4v) is 2.65. The van der Waals surface area contributed by atoms with Crippen molar-refractivity contribution in [2.75, 3.05) is 31.6 Å². The molecule has 132 valence electrons. The molecule has 0 amide bonds. The number of guanidine groups is 1. The maximum Gasteiger partial charge on any atom is 0.191 e. The van der Waals surface area contributed by atoms with Gasteiger partial charge < -0.3 is 20.2 Å². The lowest BCUT2D eigenvalue weighted by Crippen LogP contribution is -2.40. The molecule has 1 unspecified atom stereocenters. The molecule has 0 aliphatic carbocycles. The van der Waals surface area contributed by atoms with Crippen molar-refractivity contribution in [1.29, 1.82) is 0 Å². The minimum Gasteiger partial charge on any atom is -0.466 e. The van der Waals surface area contributed by atoms with E-state index in [1.165, 1.54) is 6.26 Å². The molecule has 1 rings (SSSR count). The molecule has 1 heterocycles. The van der Waals surface area contributed by atoms with Crippen molar-refractivity contribution in [1.82, 2.24) is 10.6 Å². The van der Waals surface area contributed by atoms with Crippen LogP contribution in [-0.2, 0) is 15.4 Å². The van der Waals surface area contributed by atoms with E-state index in [1.807, 2.05) is 13.8 Å². The van der Waals surface area contributed by atoms with Crippen LogP contribution in [0.4, 0.5) is 0 Å². The highest BCUT2D eigenvalue weighted by molar-refractivity contribution is 7.90. The summed E-state index contributed by atoms with van der Waals surface area (Å²) >= 11 is 0. The van der Waals surface area contributed by atoms with Crippen molar-refractivity contribution in [3.63, 3.8) is 0 Å². The largest absolute Gasteiger partial charge is 0.466 e. The fraction of sp³-hybridized carbons (Fsp3) is 0.667. The molecule has 0 saturated carbocycles. The Morgan fingerprint density at radius 2 is 2.04 bits per heavy atom. The monoisotopic (exact) mass is 345 g/mol. The lowest BCUT2D eigenvalue weighted by Gasteiger charge is -2.21. The second kappa shape index (κ2) is 7.83. The van der Waals surface area contributed by atoms with E-state index in [4.69, 9.17) is 4.42 Å². The van der Waals surface area contributed by atoms with Crippen LogP contribution in [0.15, 0.2) is 15.5 Å². The molecule has 3 N–H and O–H groups in total. The van der Waals surface area contributed by atoms with E-state index in [9.17, 15) is 13.5 Å². The summed E-state index contributed by atoms with van der Waals surface area (Å²) in [6, 6.07) is 1.80. The van der Waals surface area contributed by atoms with Gasteiger partial charge in [0.1, 0.15) is 27.0 Å². The minimum absolute atomic E-state index is 0.0217. The Hall–Kier alpha value is -1.54. The number of hydrogen-bond acceptors (Lipinski definition) is 5. The summed E-state index contributed by atoms with van der Waals surface area (Å²) in [6.07, 6.45) is 1.19.